The number of hydrogen-bond donors (Lipinski definition) is 3. The van der Waals surface area contributed by atoms with E-state index in [1.54, 1.807) is 41.1 Å². The summed E-state index contributed by atoms with van der Waals surface area (Å²) in [5.41, 5.74) is 1.30. The number of hydrogen-bond acceptors (Lipinski definition) is 15. The van der Waals surface area contributed by atoms with Crippen molar-refractivity contribution in [3.63, 3.8) is 0 Å². The number of aliphatic hydroxyl groups excluding tert-OH is 1. The van der Waals surface area contributed by atoms with Gasteiger partial charge in [-0.3, -0.25) is 19.2 Å². The lowest BCUT2D eigenvalue weighted by Crippen LogP contribution is -2.61. The van der Waals surface area contributed by atoms with Gasteiger partial charge in [-0.25, -0.2) is 4.79 Å². The van der Waals surface area contributed by atoms with Crippen LogP contribution in [0, 0.1) is 41.4 Å². The molecule has 70 heavy (non-hydrogen) atoms. The van der Waals surface area contributed by atoms with Gasteiger partial charge in [0, 0.05) is 58.5 Å². The Hall–Kier alpha value is -4.26. The Kier molecular flexibility index (Phi) is 23.4. The van der Waals surface area contributed by atoms with Crippen molar-refractivity contribution in [2.75, 3.05) is 27.9 Å². The van der Waals surface area contributed by atoms with Crippen LogP contribution in [-0.4, -0.2) is 141 Å². The van der Waals surface area contributed by atoms with E-state index in [1.807, 2.05) is 58.1 Å². The van der Waals surface area contributed by atoms with E-state index >= 15 is 0 Å². The van der Waals surface area contributed by atoms with Crippen molar-refractivity contribution >= 4 is 29.2 Å². The smallest absolute Gasteiger partial charge is 0.329 e. The Morgan fingerprint density at radius 1 is 0.886 bits per heavy atom. The lowest BCUT2D eigenvalue weighted by atomic mass is 9.76. The predicted molar refractivity (Wildman–Crippen MR) is 262 cm³/mol. The van der Waals surface area contributed by atoms with Crippen LogP contribution in [0.4, 0.5) is 0 Å². The van der Waals surface area contributed by atoms with Crippen molar-refractivity contribution in [3.8, 4) is 0 Å². The highest BCUT2D eigenvalue weighted by Gasteiger charge is 2.53. The van der Waals surface area contributed by atoms with Gasteiger partial charge in [-0.2, -0.15) is 5.21 Å². The van der Waals surface area contributed by atoms with Gasteiger partial charge in [-0.05, 0) is 113 Å². The van der Waals surface area contributed by atoms with E-state index in [0.29, 0.717) is 56.4 Å². The first kappa shape index (κ1) is 58.3. The van der Waals surface area contributed by atoms with Crippen molar-refractivity contribution in [3.05, 3.63) is 53.9 Å². The number of aliphatic hydroxyl groups is 2. The van der Waals surface area contributed by atoms with Crippen LogP contribution in [0.25, 0.3) is 0 Å². The van der Waals surface area contributed by atoms with Gasteiger partial charge in [-0.15, -0.1) is 10.2 Å². The molecule has 1 aliphatic carbocycles. The summed E-state index contributed by atoms with van der Waals surface area (Å²) in [5, 5.41) is 35.6. The maximum atomic E-state index is 14.4. The van der Waals surface area contributed by atoms with Crippen molar-refractivity contribution in [1.29, 1.82) is 0 Å². The maximum Gasteiger partial charge on any atom is 0.329 e. The molecule has 3 N–H and O–H groups in total. The predicted octanol–water partition coefficient (Wildman–Crippen LogP) is 6.66. The summed E-state index contributed by atoms with van der Waals surface area (Å²) in [6.07, 6.45) is 15.0. The lowest BCUT2D eigenvalue weighted by Gasteiger charge is -2.42. The molecule has 0 spiro atoms. The fourth-order valence-corrected chi connectivity index (χ4v) is 10.5. The molecule has 0 aromatic carbocycles. The summed E-state index contributed by atoms with van der Waals surface area (Å²) in [7, 11) is 4.70. The zero-order chi connectivity index (χ0) is 51.7. The molecule has 2 bridgehead atoms. The van der Waals surface area contributed by atoms with E-state index in [1.165, 1.54) is 18.3 Å². The molecule has 1 saturated carbocycles. The number of ketones is 3. The first-order valence-corrected chi connectivity index (χ1v) is 25.4. The number of H-pyrrole nitrogens is 1. The van der Waals surface area contributed by atoms with Gasteiger partial charge in [0.15, 0.2) is 12.1 Å². The third kappa shape index (κ3) is 16.1. The fraction of sp³-hybridized carbons (Fsp3) is 0.736. The van der Waals surface area contributed by atoms with E-state index < -0.39 is 77.8 Å². The number of amides is 1. The number of allylic oxidation sites excluding steroid dienone is 6. The van der Waals surface area contributed by atoms with Gasteiger partial charge in [0.2, 0.25) is 5.79 Å². The summed E-state index contributed by atoms with van der Waals surface area (Å²) in [6, 6.07) is -1.11. The molecule has 392 valence electrons. The first-order valence-electron chi connectivity index (χ1n) is 25.4. The number of esters is 1. The zero-order valence-corrected chi connectivity index (χ0v) is 43.6. The number of nitrogens with one attached hydrogen (secondary N) is 1. The number of fused-ring (bicyclic) bond motifs is 3. The Balaban J connectivity index is 0.00000200. The minimum Gasteiger partial charge on any atom is -0.460 e. The van der Waals surface area contributed by atoms with E-state index in [9.17, 15) is 34.2 Å². The molecule has 15 atom stereocenters. The number of carbonyl (C=O) groups excluding carboxylic acids is 5. The number of carbonyl (C=O) groups is 5. The number of Topliss-reactive ketones (excluding diaryl/α,β-unsaturated/α-hetero) is 3. The number of tetrazole rings is 1. The summed E-state index contributed by atoms with van der Waals surface area (Å²) in [5.74, 6) is -7.07. The standard InChI is InChI=1S/C52H81NO12.CH2N4/c1-31-17-13-12-14-18-32(2)44(62-10)29-40-23-21-38(8)52(60,65-40)49(57)50(58)53-24-16-15-19-41(53)51(59)64-45(35(5)27-39-22-20-33(3)43(28-39)61-9)30-42(54)34(4)26-37(7)47(56)48(63-11)46(55)36(6)25-31;1-2-4-5-3-1/h12-14,17-18,26,31,33-36,38-41,43-45,47-48,56,60H,15-16,19-25,27-30H2,1-11H3;1H,(H,2,3,4,5)/b14-12?,17-13+,32-18?,37-26+;/t31?,33-,34+,35+,36-,38+,39-,40-,41-,43+,44-,45-,47+,48-,52-;/m0./s1. The molecule has 17 heteroatoms. The molecule has 4 heterocycles. The van der Waals surface area contributed by atoms with Crippen molar-refractivity contribution in [1.82, 2.24) is 25.5 Å². The van der Waals surface area contributed by atoms with Crippen LogP contribution in [-0.2, 0) is 47.7 Å². The Bertz CT molecular complexity index is 1950. The molecule has 3 aliphatic heterocycles. The Morgan fingerprint density at radius 3 is 2.27 bits per heavy atom. The first-order chi connectivity index (χ1) is 33.2. The van der Waals surface area contributed by atoms with Crippen molar-refractivity contribution in [2.24, 2.45) is 41.4 Å². The van der Waals surface area contributed by atoms with Gasteiger partial charge in [0.25, 0.3) is 11.7 Å². The van der Waals surface area contributed by atoms with Crippen LogP contribution in [0.1, 0.15) is 132 Å². The Morgan fingerprint density at radius 2 is 1.63 bits per heavy atom. The minimum absolute atomic E-state index is 0.0304. The number of ether oxygens (including phenoxy) is 5. The fourth-order valence-electron chi connectivity index (χ4n) is 10.5. The molecule has 1 unspecified atom stereocenters. The molecule has 1 aromatic rings. The average Bonchev–Trinajstić information content (AvgIpc) is 3.94. The number of nitrogens with zero attached hydrogens (tertiary/aromatic N) is 4. The number of aromatic nitrogens is 4. The van der Waals surface area contributed by atoms with Gasteiger partial charge < -0.3 is 38.8 Å². The van der Waals surface area contributed by atoms with Gasteiger partial charge in [-0.1, -0.05) is 83.2 Å². The van der Waals surface area contributed by atoms with Crippen molar-refractivity contribution < 1.29 is 57.9 Å². The molecular formula is C53H83N5O12. The molecule has 4 aliphatic rings. The molecule has 2 saturated heterocycles. The van der Waals surface area contributed by atoms with Crippen LogP contribution >= 0.6 is 0 Å². The molecule has 1 amide bonds. The molecule has 5 rings (SSSR count). The number of methoxy groups -OCH3 is 3. The summed E-state index contributed by atoms with van der Waals surface area (Å²) in [4.78, 5) is 71.9. The Labute approximate surface area is 415 Å². The van der Waals surface area contributed by atoms with E-state index in [-0.39, 0.29) is 54.8 Å². The number of piperidine rings is 1. The second-order valence-electron chi connectivity index (χ2n) is 20.6. The number of aromatic amines is 1. The van der Waals surface area contributed by atoms with Crippen molar-refractivity contribution in [2.45, 2.75) is 181 Å². The SMILES string of the molecule is CO[C@H]1C[C@@H]2CC[C@@H](C)[C@](O)(O2)C(=O)C(=O)N2CCCC[C@H]2C(=O)O[C@H]([C@H](C)C[C@@H]2CC[C@H](C)[C@H](OC)C2)CC(=O)[C@H](C)/C=C(\C)[C@@H](O)[C@@H](OC)C(=O)[C@@H](C)CC(C)/C=C/C=CC=C1C.c1nn[nH]n1. The molecule has 3 fully saturated rings. The second-order valence-corrected chi connectivity index (χ2v) is 20.6. The molecule has 1 aromatic heterocycles. The zero-order valence-electron chi connectivity index (χ0n) is 43.6. The van der Waals surface area contributed by atoms with Crippen LogP contribution in [0.5, 0.6) is 0 Å². The summed E-state index contributed by atoms with van der Waals surface area (Å²) in [6.45, 7) is 15.1. The maximum absolute atomic E-state index is 14.4. The largest absolute Gasteiger partial charge is 0.460 e. The third-order valence-electron chi connectivity index (χ3n) is 15.1. The highest BCUT2D eigenvalue weighted by atomic mass is 16.6. The highest BCUT2D eigenvalue weighted by molar-refractivity contribution is 6.39. The van der Waals surface area contributed by atoms with E-state index in [0.717, 1.165) is 24.8 Å². The molecular weight excluding hydrogens is 899 g/mol. The average molecular weight is 982 g/mol. The highest BCUT2D eigenvalue weighted by Crippen LogP contribution is 2.38. The number of rotatable bonds is 6. The van der Waals surface area contributed by atoms with Crippen LogP contribution < -0.4 is 0 Å². The quantitative estimate of drug-likeness (QED) is 0.154. The second kappa shape index (κ2) is 28.1. The van der Waals surface area contributed by atoms with E-state index in [4.69, 9.17) is 23.7 Å². The summed E-state index contributed by atoms with van der Waals surface area (Å²) >= 11 is 0. The van der Waals surface area contributed by atoms with Gasteiger partial charge in [0.05, 0.1) is 18.3 Å². The minimum atomic E-state index is -2.41. The van der Waals surface area contributed by atoms with Crippen LogP contribution in [0.2, 0.25) is 0 Å². The van der Waals surface area contributed by atoms with Crippen LogP contribution in [0.3, 0.4) is 0 Å². The van der Waals surface area contributed by atoms with Gasteiger partial charge >= 0.3 is 5.97 Å². The molecule has 0 radical (unpaired) electrons. The monoisotopic (exact) mass is 982 g/mol. The topological polar surface area (TPSA) is 230 Å². The summed E-state index contributed by atoms with van der Waals surface area (Å²) < 4.78 is 29.7. The molecule has 17 nitrogen and oxygen atoms in total. The normalized spacial score (nSPS) is 36.9. The van der Waals surface area contributed by atoms with Crippen LogP contribution in [0.15, 0.2) is 53.9 Å². The number of cyclic esters (lactones) is 1. The van der Waals surface area contributed by atoms with E-state index in [2.05, 4.69) is 27.5 Å². The van der Waals surface area contributed by atoms with Gasteiger partial charge in [0.1, 0.15) is 30.1 Å². The lowest BCUT2D eigenvalue weighted by molar-refractivity contribution is -0.265. The third-order valence-corrected chi connectivity index (χ3v) is 15.1.